The quantitative estimate of drug-likeness (QED) is 0.456. The fourth-order valence-electron chi connectivity index (χ4n) is 0.683. The van der Waals surface area contributed by atoms with Gasteiger partial charge in [0.25, 0.3) is 0 Å². The molecule has 0 unspecified atom stereocenters. The number of nitrogens with zero attached hydrogens (tertiary/aromatic N) is 1. The predicted molar refractivity (Wildman–Crippen MR) is 46.8 cm³/mol. The van der Waals surface area contributed by atoms with E-state index in [0.29, 0.717) is 0 Å². The molecule has 0 aromatic heterocycles. The van der Waals surface area contributed by atoms with Crippen LogP contribution in [0.25, 0.3) is 0 Å². The zero-order chi connectivity index (χ0) is 7.82. The van der Waals surface area contributed by atoms with Gasteiger partial charge in [-0.25, -0.2) is 0 Å². The Hall–Kier alpha value is -0.370. The molecule has 0 aliphatic rings. The molecular weight excluding hydrogens is 124 g/mol. The number of nitrogens with one attached hydrogen (secondary N) is 1. The molecule has 0 aromatic rings. The standard InChI is InChI=1S/C8H18N2/c1-4-9-6-5-7-10-8(2)3/h9H,4-7H2,1-3H3. The predicted octanol–water partition coefficient (Wildman–Crippen LogP) is 1.47. The van der Waals surface area contributed by atoms with E-state index in [4.69, 9.17) is 0 Å². The summed E-state index contributed by atoms with van der Waals surface area (Å²) in [5, 5.41) is 3.25. The molecule has 0 rings (SSSR count). The van der Waals surface area contributed by atoms with Crippen molar-refractivity contribution in [3.8, 4) is 0 Å². The highest BCUT2D eigenvalue weighted by molar-refractivity contribution is 5.78. The molecule has 10 heavy (non-hydrogen) atoms. The second-order valence-electron chi connectivity index (χ2n) is 2.54. The van der Waals surface area contributed by atoms with Crippen molar-refractivity contribution < 1.29 is 0 Å². The summed E-state index contributed by atoms with van der Waals surface area (Å²) in [5.41, 5.74) is 1.18. The Labute approximate surface area is 63.7 Å². The first kappa shape index (κ1) is 9.63. The Bertz CT molecular complexity index is 93.4. The fourth-order valence-corrected chi connectivity index (χ4v) is 0.683. The molecule has 0 amide bonds. The summed E-state index contributed by atoms with van der Waals surface area (Å²) in [4.78, 5) is 4.27. The summed E-state index contributed by atoms with van der Waals surface area (Å²) in [6.07, 6.45) is 1.15. The number of rotatable bonds is 5. The highest BCUT2D eigenvalue weighted by atomic mass is 14.8. The molecule has 0 bridgehead atoms. The van der Waals surface area contributed by atoms with Crippen LogP contribution in [-0.2, 0) is 0 Å². The van der Waals surface area contributed by atoms with Gasteiger partial charge in [-0.1, -0.05) is 6.92 Å². The normalized spacial score (nSPS) is 9.50. The molecule has 2 heteroatoms. The number of hydrogen-bond acceptors (Lipinski definition) is 2. The van der Waals surface area contributed by atoms with Crippen LogP contribution in [0.2, 0.25) is 0 Å². The summed E-state index contributed by atoms with van der Waals surface area (Å²) < 4.78 is 0. The van der Waals surface area contributed by atoms with Gasteiger partial charge >= 0.3 is 0 Å². The van der Waals surface area contributed by atoms with Gasteiger partial charge in [0, 0.05) is 12.3 Å². The van der Waals surface area contributed by atoms with Gasteiger partial charge in [-0.3, -0.25) is 4.99 Å². The average molecular weight is 142 g/mol. The molecule has 0 radical (unpaired) electrons. The zero-order valence-corrected chi connectivity index (χ0v) is 7.28. The smallest absolute Gasteiger partial charge is 0.0400 e. The Morgan fingerprint density at radius 2 is 2.10 bits per heavy atom. The Kier molecular flexibility index (Phi) is 6.50. The van der Waals surface area contributed by atoms with Gasteiger partial charge in [-0.15, -0.1) is 0 Å². The third-order valence-corrected chi connectivity index (χ3v) is 1.19. The van der Waals surface area contributed by atoms with Gasteiger partial charge < -0.3 is 5.32 Å². The number of aliphatic imine (C=N–C) groups is 1. The number of hydrogen-bond donors (Lipinski definition) is 1. The topological polar surface area (TPSA) is 24.4 Å². The van der Waals surface area contributed by atoms with Crippen LogP contribution >= 0.6 is 0 Å². The van der Waals surface area contributed by atoms with Crippen LogP contribution < -0.4 is 5.32 Å². The van der Waals surface area contributed by atoms with Crippen LogP contribution in [0.4, 0.5) is 0 Å². The summed E-state index contributed by atoms with van der Waals surface area (Å²) >= 11 is 0. The van der Waals surface area contributed by atoms with Gasteiger partial charge in [0.05, 0.1) is 0 Å². The molecule has 0 heterocycles. The van der Waals surface area contributed by atoms with Gasteiger partial charge in [-0.2, -0.15) is 0 Å². The van der Waals surface area contributed by atoms with Crippen LogP contribution in [0, 0.1) is 0 Å². The molecule has 0 atom stereocenters. The molecule has 0 saturated carbocycles. The molecule has 0 aliphatic heterocycles. The lowest BCUT2D eigenvalue weighted by Gasteiger charge is -1.97. The summed E-state index contributed by atoms with van der Waals surface area (Å²) in [5.74, 6) is 0. The van der Waals surface area contributed by atoms with Crippen molar-refractivity contribution in [2.45, 2.75) is 27.2 Å². The first-order valence-electron chi connectivity index (χ1n) is 3.95. The second kappa shape index (κ2) is 6.75. The molecule has 60 valence electrons. The van der Waals surface area contributed by atoms with E-state index >= 15 is 0 Å². The highest BCUT2D eigenvalue weighted by Gasteiger charge is 1.83. The van der Waals surface area contributed by atoms with Crippen LogP contribution in [0.5, 0.6) is 0 Å². The minimum absolute atomic E-state index is 0.968. The summed E-state index contributed by atoms with van der Waals surface area (Å²) in [7, 11) is 0. The van der Waals surface area contributed by atoms with Crippen molar-refractivity contribution in [2.75, 3.05) is 19.6 Å². The van der Waals surface area contributed by atoms with Crippen molar-refractivity contribution in [3.63, 3.8) is 0 Å². The second-order valence-corrected chi connectivity index (χ2v) is 2.54. The lowest BCUT2D eigenvalue weighted by molar-refractivity contribution is 0.680. The van der Waals surface area contributed by atoms with Crippen molar-refractivity contribution in [3.05, 3.63) is 0 Å². The lowest BCUT2D eigenvalue weighted by atomic mass is 10.4. The molecular formula is C8H18N2. The Morgan fingerprint density at radius 1 is 1.40 bits per heavy atom. The maximum atomic E-state index is 4.27. The first-order valence-corrected chi connectivity index (χ1v) is 3.95. The van der Waals surface area contributed by atoms with Gasteiger partial charge in [0.2, 0.25) is 0 Å². The minimum atomic E-state index is 0.968. The first-order chi connectivity index (χ1) is 4.77. The van der Waals surface area contributed by atoms with E-state index in [-0.39, 0.29) is 0 Å². The van der Waals surface area contributed by atoms with Crippen LogP contribution in [0.15, 0.2) is 4.99 Å². The lowest BCUT2D eigenvalue weighted by Crippen LogP contribution is -2.14. The van der Waals surface area contributed by atoms with E-state index in [1.807, 2.05) is 13.8 Å². The van der Waals surface area contributed by atoms with Crippen LogP contribution in [-0.4, -0.2) is 25.3 Å². The van der Waals surface area contributed by atoms with E-state index < -0.39 is 0 Å². The van der Waals surface area contributed by atoms with Crippen molar-refractivity contribution in [1.82, 2.24) is 5.32 Å². The van der Waals surface area contributed by atoms with E-state index in [1.54, 1.807) is 0 Å². The molecule has 0 aromatic carbocycles. The largest absolute Gasteiger partial charge is 0.317 e. The van der Waals surface area contributed by atoms with Gasteiger partial charge in [-0.05, 0) is 33.4 Å². The fraction of sp³-hybridized carbons (Fsp3) is 0.875. The molecule has 0 saturated heterocycles. The van der Waals surface area contributed by atoms with Gasteiger partial charge in [0.1, 0.15) is 0 Å². The van der Waals surface area contributed by atoms with E-state index in [2.05, 4.69) is 17.2 Å². The zero-order valence-electron chi connectivity index (χ0n) is 7.28. The monoisotopic (exact) mass is 142 g/mol. The Morgan fingerprint density at radius 3 is 2.60 bits per heavy atom. The molecule has 1 N–H and O–H groups in total. The van der Waals surface area contributed by atoms with Crippen LogP contribution in [0.3, 0.4) is 0 Å². The maximum absolute atomic E-state index is 4.27. The third kappa shape index (κ3) is 7.63. The third-order valence-electron chi connectivity index (χ3n) is 1.19. The highest BCUT2D eigenvalue weighted by Crippen LogP contribution is 1.80. The van der Waals surface area contributed by atoms with Crippen molar-refractivity contribution in [1.29, 1.82) is 0 Å². The maximum Gasteiger partial charge on any atom is 0.0400 e. The molecule has 2 nitrogen and oxygen atoms in total. The van der Waals surface area contributed by atoms with Crippen molar-refractivity contribution >= 4 is 5.71 Å². The molecule has 0 spiro atoms. The SMILES string of the molecule is CCNCCCN=C(C)C. The summed E-state index contributed by atoms with van der Waals surface area (Å²) in [6.45, 7) is 9.31. The molecule has 0 aliphatic carbocycles. The van der Waals surface area contributed by atoms with Crippen molar-refractivity contribution in [2.24, 2.45) is 4.99 Å². The summed E-state index contributed by atoms with van der Waals surface area (Å²) in [6, 6.07) is 0. The van der Waals surface area contributed by atoms with E-state index in [9.17, 15) is 0 Å². The van der Waals surface area contributed by atoms with E-state index in [1.165, 1.54) is 5.71 Å². The van der Waals surface area contributed by atoms with E-state index in [0.717, 1.165) is 26.1 Å². The molecule has 0 fully saturated rings. The minimum Gasteiger partial charge on any atom is -0.317 e. The Balaban J connectivity index is 2.98. The van der Waals surface area contributed by atoms with Crippen LogP contribution in [0.1, 0.15) is 27.2 Å². The van der Waals surface area contributed by atoms with Gasteiger partial charge in [0.15, 0.2) is 0 Å². The average Bonchev–Trinajstić information content (AvgIpc) is 1.87.